The molecule has 0 aromatic carbocycles. The van der Waals surface area contributed by atoms with Crippen molar-refractivity contribution in [3.63, 3.8) is 0 Å². The number of hydrogen-bond donors (Lipinski definition) is 3. The van der Waals surface area contributed by atoms with Crippen molar-refractivity contribution in [3.05, 3.63) is 0 Å². The number of unbranched alkanes of at least 4 members (excludes halogenated alkanes) is 1. The van der Waals surface area contributed by atoms with E-state index in [-0.39, 0.29) is 11.8 Å². The summed E-state index contributed by atoms with van der Waals surface area (Å²) in [5, 5.41) is 5.30. The van der Waals surface area contributed by atoms with E-state index in [9.17, 15) is 19.2 Å². The lowest BCUT2D eigenvalue weighted by atomic mass is 9.94. The molecule has 4 amide bonds. The van der Waals surface area contributed by atoms with Crippen LogP contribution in [-0.2, 0) is 19.2 Å². The Morgan fingerprint density at radius 1 is 1.31 bits per heavy atom. The van der Waals surface area contributed by atoms with Crippen LogP contribution >= 0.6 is 0 Å². The molecule has 3 atom stereocenters. The van der Waals surface area contributed by atoms with Gasteiger partial charge in [0, 0.05) is 6.54 Å². The summed E-state index contributed by atoms with van der Waals surface area (Å²) in [4.78, 5) is 49.7. The lowest BCUT2D eigenvalue weighted by molar-refractivity contribution is -0.142. The smallest absolute Gasteiger partial charge is 0.245 e. The molecule has 1 saturated heterocycles. The summed E-state index contributed by atoms with van der Waals surface area (Å²) in [5.74, 6) is -1.21. The Kier molecular flexibility index (Phi) is 8.54. The van der Waals surface area contributed by atoms with E-state index in [1.165, 1.54) is 4.90 Å². The van der Waals surface area contributed by atoms with Gasteiger partial charge in [-0.05, 0) is 32.6 Å². The molecule has 1 aliphatic rings. The molecule has 1 heterocycles. The normalized spacial score (nSPS) is 20.1. The van der Waals surface area contributed by atoms with Gasteiger partial charge in [0.2, 0.25) is 24.1 Å². The highest BCUT2D eigenvalue weighted by atomic mass is 16.2. The van der Waals surface area contributed by atoms with Crippen LogP contribution in [0.5, 0.6) is 0 Å². The highest BCUT2D eigenvalue weighted by molar-refractivity contribution is 5.95. The van der Waals surface area contributed by atoms with Gasteiger partial charge >= 0.3 is 0 Å². The number of hydrogen-bond acceptors (Lipinski definition) is 4. The summed E-state index contributed by atoms with van der Waals surface area (Å²) in [7, 11) is 0. The maximum atomic E-state index is 12.8. The lowest BCUT2D eigenvalue weighted by Gasteiger charge is -2.32. The van der Waals surface area contributed by atoms with Crippen LogP contribution in [0, 0.1) is 0 Å². The van der Waals surface area contributed by atoms with Crippen LogP contribution in [0.2, 0.25) is 0 Å². The van der Waals surface area contributed by atoms with Gasteiger partial charge in [-0.3, -0.25) is 19.2 Å². The van der Waals surface area contributed by atoms with Gasteiger partial charge in [0.25, 0.3) is 0 Å². The largest absolute Gasteiger partial charge is 0.368 e. The van der Waals surface area contributed by atoms with Crippen LogP contribution in [0.25, 0.3) is 0 Å². The van der Waals surface area contributed by atoms with E-state index in [4.69, 9.17) is 5.73 Å². The van der Waals surface area contributed by atoms with E-state index in [1.54, 1.807) is 6.92 Å². The number of nitrogens with one attached hydrogen (secondary N) is 2. The first-order valence-electron chi connectivity index (χ1n) is 9.42. The van der Waals surface area contributed by atoms with Gasteiger partial charge in [0.05, 0.1) is 0 Å². The number of likely N-dealkylation sites (tertiary alicyclic amines) is 1. The minimum Gasteiger partial charge on any atom is -0.368 e. The van der Waals surface area contributed by atoms with Crippen molar-refractivity contribution in [2.45, 2.75) is 83.3 Å². The van der Waals surface area contributed by atoms with Crippen LogP contribution in [0.1, 0.15) is 65.7 Å². The molecule has 0 radical (unpaired) electrons. The average Bonchev–Trinajstić information content (AvgIpc) is 3.07. The van der Waals surface area contributed by atoms with Crippen molar-refractivity contribution in [1.29, 1.82) is 0 Å². The number of nitrogens with two attached hydrogens (primary N) is 1. The van der Waals surface area contributed by atoms with Crippen molar-refractivity contribution < 1.29 is 19.2 Å². The van der Waals surface area contributed by atoms with Crippen LogP contribution in [0.4, 0.5) is 0 Å². The molecule has 8 heteroatoms. The topological polar surface area (TPSA) is 122 Å². The lowest BCUT2D eigenvalue weighted by Crippen LogP contribution is -2.60. The zero-order valence-electron chi connectivity index (χ0n) is 16.0. The van der Waals surface area contributed by atoms with Crippen molar-refractivity contribution in [1.82, 2.24) is 15.5 Å². The maximum absolute atomic E-state index is 12.8. The molecule has 1 fully saturated rings. The fourth-order valence-electron chi connectivity index (χ4n) is 3.37. The standard InChI is InChI=1S/C18H32N4O4/c1-4-6-8-13(20-12-23)16(25)22-11-7-9-14(22)15(24)21-18(3,10-5-2)17(19)26/h12-14H,4-11H2,1-3H3,(H2,19,26)(H,20,23)(H,21,24)/t13-,14?,18+/m0/s1. The monoisotopic (exact) mass is 368 g/mol. The number of primary amides is 1. The molecule has 26 heavy (non-hydrogen) atoms. The van der Waals surface area contributed by atoms with Gasteiger partial charge in [0.1, 0.15) is 17.6 Å². The Morgan fingerprint density at radius 2 is 2.00 bits per heavy atom. The first-order chi connectivity index (χ1) is 12.3. The Morgan fingerprint density at radius 3 is 2.54 bits per heavy atom. The van der Waals surface area contributed by atoms with Crippen molar-refractivity contribution in [2.75, 3.05) is 6.54 Å². The van der Waals surface area contributed by atoms with Gasteiger partial charge in [0.15, 0.2) is 0 Å². The third-order valence-corrected chi connectivity index (χ3v) is 4.95. The van der Waals surface area contributed by atoms with Crippen molar-refractivity contribution >= 4 is 24.1 Å². The van der Waals surface area contributed by atoms with E-state index in [0.29, 0.717) is 45.1 Å². The predicted octanol–water partition coefficient (Wildman–Crippen LogP) is 0.443. The second-order valence-corrected chi connectivity index (χ2v) is 7.10. The van der Waals surface area contributed by atoms with E-state index in [1.807, 2.05) is 13.8 Å². The fourth-order valence-corrected chi connectivity index (χ4v) is 3.37. The second-order valence-electron chi connectivity index (χ2n) is 7.10. The maximum Gasteiger partial charge on any atom is 0.245 e. The van der Waals surface area contributed by atoms with E-state index < -0.39 is 23.5 Å². The summed E-state index contributed by atoms with van der Waals surface area (Å²) in [5.41, 5.74) is 4.32. The molecule has 0 spiro atoms. The molecule has 0 bridgehead atoms. The van der Waals surface area contributed by atoms with Crippen molar-refractivity contribution in [3.8, 4) is 0 Å². The number of carbonyl (C=O) groups excluding carboxylic acids is 4. The predicted molar refractivity (Wildman–Crippen MR) is 97.9 cm³/mol. The molecular formula is C18H32N4O4. The quantitative estimate of drug-likeness (QED) is 0.458. The van der Waals surface area contributed by atoms with Gasteiger partial charge < -0.3 is 21.3 Å². The summed E-state index contributed by atoms with van der Waals surface area (Å²) in [6.45, 7) is 5.98. The molecule has 0 aromatic heterocycles. The zero-order valence-corrected chi connectivity index (χ0v) is 16.0. The number of amides is 4. The molecule has 0 aliphatic carbocycles. The third-order valence-electron chi connectivity index (χ3n) is 4.95. The highest BCUT2D eigenvalue weighted by Gasteiger charge is 2.40. The van der Waals surface area contributed by atoms with Crippen molar-refractivity contribution in [2.24, 2.45) is 5.73 Å². The molecule has 1 aliphatic heterocycles. The fraction of sp³-hybridized carbons (Fsp3) is 0.778. The highest BCUT2D eigenvalue weighted by Crippen LogP contribution is 2.21. The zero-order chi connectivity index (χ0) is 19.7. The van der Waals surface area contributed by atoms with E-state index >= 15 is 0 Å². The SMILES string of the molecule is CCCC[C@H](NC=O)C(=O)N1CCCC1C(=O)N[C@](C)(CCC)C(N)=O. The minimum atomic E-state index is -1.13. The third kappa shape index (κ3) is 5.44. The van der Waals surface area contributed by atoms with Crippen LogP contribution in [-0.4, -0.2) is 53.2 Å². The molecule has 1 rings (SSSR count). The summed E-state index contributed by atoms with van der Waals surface area (Å²) in [6.07, 6.45) is 5.12. The number of nitrogens with zero attached hydrogens (tertiary/aromatic N) is 1. The Labute approximate surface area is 155 Å². The molecule has 4 N–H and O–H groups in total. The molecule has 148 valence electrons. The van der Waals surface area contributed by atoms with Gasteiger partial charge in [-0.1, -0.05) is 33.1 Å². The first kappa shape index (κ1) is 21.9. The molecule has 8 nitrogen and oxygen atoms in total. The average molecular weight is 368 g/mol. The number of carbonyl (C=O) groups is 4. The van der Waals surface area contributed by atoms with E-state index in [2.05, 4.69) is 10.6 Å². The molecule has 0 aromatic rings. The Hall–Kier alpha value is -2.12. The molecule has 0 saturated carbocycles. The van der Waals surface area contributed by atoms with Gasteiger partial charge in [-0.2, -0.15) is 0 Å². The van der Waals surface area contributed by atoms with E-state index in [0.717, 1.165) is 12.8 Å². The first-order valence-corrected chi connectivity index (χ1v) is 9.42. The molecular weight excluding hydrogens is 336 g/mol. The Bertz CT molecular complexity index is 525. The summed E-state index contributed by atoms with van der Waals surface area (Å²) < 4.78 is 0. The number of rotatable bonds is 11. The Balaban J connectivity index is 2.87. The van der Waals surface area contributed by atoms with Crippen LogP contribution in [0.3, 0.4) is 0 Å². The summed E-state index contributed by atoms with van der Waals surface area (Å²) >= 11 is 0. The van der Waals surface area contributed by atoms with Gasteiger partial charge in [-0.25, -0.2) is 0 Å². The van der Waals surface area contributed by atoms with Gasteiger partial charge in [-0.15, -0.1) is 0 Å². The minimum absolute atomic E-state index is 0.250. The van der Waals surface area contributed by atoms with Crippen LogP contribution < -0.4 is 16.4 Å². The summed E-state index contributed by atoms with van der Waals surface area (Å²) in [6, 6.07) is -1.27. The second kappa shape index (κ2) is 10.1. The van der Waals surface area contributed by atoms with Crippen LogP contribution in [0.15, 0.2) is 0 Å². The molecule has 1 unspecified atom stereocenters.